The third-order valence-corrected chi connectivity index (χ3v) is 4.65. The molecule has 0 bridgehead atoms. The molecule has 0 amide bonds. The minimum Gasteiger partial charge on any atom is -0.478 e. The topological polar surface area (TPSA) is 63.6 Å². The Morgan fingerprint density at radius 3 is 2.50 bits per heavy atom. The molecule has 1 aliphatic rings. The first-order chi connectivity index (χ1) is 11.1. The highest BCUT2D eigenvalue weighted by molar-refractivity contribution is 5.95. The average Bonchev–Trinajstić information content (AvgIpc) is 2.44. The second-order valence-electron chi connectivity index (χ2n) is 7.81. The number of carbonyl (C=O) groups is 2. The number of hydrogen-bond acceptors (Lipinski definition) is 3. The minimum atomic E-state index is -1.09. The van der Waals surface area contributed by atoms with Crippen LogP contribution in [0.5, 0.6) is 5.75 Å². The lowest BCUT2D eigenvalue weighted by Gasteiger charge is -2.39. The van der Waals surface area contributed by atoms with Gasteiger partial charge in [-0.25, -0.2) is 9.59 Å². The molecule has 0 aromatic heterocycles. The fraction of sp³-hybridized carbons (Fsp3) is 0.500. The van der Waals surface area contributed by atoms with Crippen molar-refractivity contribution in [2.24, 2.45) is 11.3 Å². The largest absolute Gasteiger partial charge is 0.478 e. The van der Waals surface area contributed by atoms with Gasteiger partial charge in [0.1, 0.15) is 11.3 Å². The minimum absolute atomic E-state index is 0.0260. The maximum Gasteiger partial charge on any atom is 0.339 e. The Kier molecular flexibility index (Phi) is 5.16. The number of carboxylic acid groups (broad SMARTS) is 1. The van der Waals surface area contributed by atoms with Gasteiger partial charge < -0.3 is 9.84 Å². The molecule has 2 rings (SSSR count). The first kappa shape index (κ1) is 18.2. The van der Waals surface area contributed by atoms with E-state index in [1.54, 1.807) is 13.0 Å². The summed E-state index contributed by atoms with van der Waals surface area (Å²) in [5.41, 5.74) is 1.26. The first-order valence-corrected chi connectivity index (χ1v) is 8.34. The summed E-state index contributed by atoms with van der Waals surface area (Å²) in [6.07, 6.45) is 3.05. The third-order valence-electron chi connectivity index (χ3n) is 4.65. The van der Waals surface area contributed by atoms with Gasteiger partial charge in [-0.05, 0) is 55.1 Å². The van der Waals surface area contributed by atoms with E-state index in [4.69, 9.17) is 4.74 Å². The van der Waals surface area contributed by atoms with E-state index in [9.17, 15) is 14.7 Å². The van der Waals surface area contributed by atoms with Gasteiger partial charge >= 0.3 is 11.9 Å². The van der Waals surface area contributed by atoms with E-state index in [2.05, 4.69) is 27.4 Å². The Balaban J connectivity index is 2.49. The van der Waals surface area contributed by atoms with Crippen molar-refractivity contribution in [1.29, 1.82) is 0 Å². The van der Waals surface area contributed by atoms with Gasteiger partial charge in [-0.2, -0.15) is 0 Å². The predicted octanol–water partition coefficient (Wildman–Crippen LogP) is 4.80. The summed E-state index contributed by atoms with van der Waals surface area (Å²) in [7, 11) is 0. The number of carboxylic acids is 1. The Labute approximate surface area is 143 Å². The van der Waals surface area contributed by atoms with Crippen LogP contribution >= 0.6 is 0 Å². The normalized spacial score (nSPS) is 22.7. The third kappa shape index (κ3) is 4.05. The summed E-state index contributed by atoms with van der Waals surface area (Å²) in [4.78, 5) is 23.6. The van der Waals surface area contributed by atoms with E-state index in [-0.39, 0.29) is 28.2 Å². The molecular formula is C20H26O4. The van der Waals surface area contributed by atoms with Gasteiger partial charge in [-0.3, -0.25) is 0 Å². The molecule has 2 atom stereocenters. The maximum atomic E-state index is 12.0. The zero-order valence-electron chi connectivity index (χ0n) is 14.9. The number of esters is 1. The number of carbonyl (C=O) groups excluding carboxylic acids is 1. The SMILES string of the molecule is C=C(C)C(=O)Oc1c(C(=O)O)cccc1C1CC(C)CC(C)(C)C1. The Bertz CT molecular complexity index is 672. The van der Waals surface area contributed by atoms with Gasteiger partial charge in [0.05, 0.1) is 0 Å². The van der Waals surface area contributed by atoms with Crippen molar-refractivity contribution in [2.75, 3.05) is 0 Å². The van der Waals surface area contributed by atoms with Gasteiger partial charge in [0.25, 0.3) is 0 Å². The quantitative estimate of drug-likeness (QED) is 0.489. The van der Waals surface area contributed by atoms with Gasteiger partial charge in [-0.15, -0.1) is 0 Å². The Morgan fingerprint density at radius 1 is 1.29 bits per heavy atom. The molecule has 0 spiro atoms. The molecule has 4 heteroatoms. The van der Waals surface area contributed by atoms with Crippen molar-refractivity contribution in [3.05, 3.63) is 41.5 Å². The Hall–Kier alpha value is -2.10. The number of para-hydroxylation sites is 1. The molecular weight excluding hydrogens is 304 g/mol. The van der Waals surface area contributed by atoms with E-state index >= 15 is 0 Å². The molecule has 1 aliphatic carbocycles. The molecule has 2 unspecified atom stereocenters. The summed E-state index contributed by atoms with van der Waals surface area (Å²) < 4.78 is 5.44. The number of rotatable bonds is 4. The summed E-state index contributed by atoms with van der Waals surface area (Å²) in [5.74, 6) is -0.793. The van der Waals surface area contributed by atoms with Crippen molar-refractivity contribution >= 4 is 11.9 Å². The van der Waals surface area contributed by atoms with E-state index in [1.807, 2.05) is 6.07 Å². The van der Waals surface area contributed by atoms with Crippen LogP contribution in [0, 0.1) is 11.3 Å². The highest BCUT2D eigenvalue weighted by atomic mass is 16.5. The molecule has 1 aromatic carbocycles. The molecule has 0 saturated heterocycles. The van der Waals surface area contributed by atoms with Gasteiger partial charge in [0.15, 0.2) is 0 Å². The van der Waals surface area contributed by atoms with Crippen LogP contribution < -0.4 is 4.74 Å². The van der Waals surface area contributed by atoms with Crippen LogP contribution in [-0.2, 0) is 4.79 Å². The zero-order valence-corrected chi connectivity index (χ0v) is 14.9. The van der Waals surface area contributed by atoms with E-state index in [0.29, 0.717) is 5.92 Å². The molecule has 130 valence electrons. The first-order valence-electron chi connectivity index (χ1n) is 8.34. The van der Waals surface area contributed by atoms with E-state index in [0.717, 1.165) is 24.8 Å². The highest BCUT2D eigenvalue weighted by Crippen LogP contribution is 2.48. The number of benzene rings is 1. The lowest BCUT2D eigenvalue weighted by Crippen LogP contribution is -2.27. The fourth-order valence-electron chi connectivity index (χ4n) is 3.92. The summed E-state index contributed by atoms with van der Waals surface area (Å²) >= 11 is 0. The lowest BCUT2D eigenvalue weighted by atomic mass is 9.66. The molecule has 1 fully saturated rings. The predicted molar refractivity (Wildman–Crippen MR) is 93.4 cm³/mol. The van der Waals surface area contributed by atoms with Crippen LogP contribution in [-0.4, -0.2) is 17.0 Å². The number of aromatic carboxylic acids is 1. The van der Waals surface area contributed by atoms with Crippen molar-refractivity contribution in [3.8, 4) is 5.75 Å². The van der Waals surface area contributed by atoms with Gasteiger partial charge in [0.2, 0.25) is 0 Å². The second kappa shape index (κ2) is 6.80. The summed E-state index contributed by atoms with van der Waals surface area (Å²) in [6.45, 7) is 11.8. The standard InChI is InChI=1S/C20H26O4/c1-12(2)19(23)24-17-15(7-6-8-16(17)18(21)22)14-9-13(3)10-20(4,5)11-14/h6-8,13-14H,1,9-11H2,2-5H3,(H,21,22). The van der Waals surface area contributed by atoms with Crippen LogP contribution in [0.3, 0.4) is 0 Å². The molecule has 1 saturated carbocycles. The van der Waals surface area contributed by atoms with Crippen LogP contribution in [0.15, 0.2) is 30.4 Å². The Morgan fingerprint density at radius 2 is 1.96 bits per heavy atom. The van der Waals surface area contributed by atoms with Crippen molar-refractivity contribution in [1.82, 2.24) is 0 Å². The van der Waals surface area contributed by atoms with Crippen molar-refractivity contribution < 1.29 is 19.4 Å². The average molecular weight is 330 g/mol. The molecule has 0 aliphatic heterocycles. The van der Waals surface area contributed by atoms with Crippen LogP contribution in [0.25, 0.3) is 0 Å². The van der Waals surface area contributed by atoms with Gasteiger partial charge in [0, 0.05) is 5.57 Å². The van der Waals surface area contributed by atoms with E-state index < -0.39 is 11.9 Å². The van der Waals surface area contributed by atoms with E-state index in [1.165, 1.54) is 6.07 Å². The second-order valence-corrected chi connectivity index (χ2v) is 7.81. The molecule has 1 aromatic rings. The van der Waals surface area contributed by atoms with Gasteiger partial charge in [-0.1, -0.05) is 39.5 Å². The zero-order chi connectivity index (χ0) is 18.1. The number of ether oxygens (including phenoxy) is 1. The molecule has 4 nitrogen and oxygen atoms in total. The number of hydrogen-bond donors (Lipinski definition) is 1. The lowest BCUT2D eigenvalue weighted by molar-refractivity contribution is -0.130. The van der Waals surface area contributed by atoms with Crippen LogP contribution in [0.1, 0.15) is 68.8 Å². The van der Waals surface area contributed by atoms with Crippen LogP contribution in [0.2, 0.25) is 0 Å². The van der Waals surface area contributed by atoms with Crippen molar-refractivity contribution in [2.45, 2.75) is 52.9 Å². The molecule has 1 N–H and O–H groups in total. The molecule has 0 heterocycles. The molecule has 0 radical (unpaired) electrons. The highest BCUT2D eigenvalue weighted by Gasteiger charge is 2.35. The maximum absolute atomic E-state index is 12.0. The fourth-order valence-corrected chi connectivity index (χ4v) is 3.92. The monoisotopic (exact) mass is 330 g/mol. The summed E-state index contributed by atoms with van der Waals surface area (Å²) in [5, 5.41) is 9.48. The van der Waals surface area contributed by atoms with Crippen molar-refractivity contribution in [3.63, 3.8) is 0 Å². The van der Waals surface area contributed by atoms with Crippen LogP contribution in [0.4, 0.5) is 0 Å². The summed E-state index contributed by atoms with van der Waals surface area (Å²) in [6, 6.07) is 5.08. The smallest absolute Gasteiger partial charge is 0.339 e. The molecule has 24 heavy (non-hydrogen) atoms.